The zero-order valence-corrected chi connectivity index (χ0v) is 12.6. The highest BCUT2D eigenvalue weighted by atomic mass is 79.9. The monoisotopic (exact) mass is 332 g/mol. The molecule has 1 aromatic rings. The van der Waals surface area contributed by atoms with Crippen molar-refractivity contribution in [2.75, 3.05) is 0 Å². The Labute approximate surface area is 121 Å². The van der Waals surface area contributed by atoms with Crippen molar-refractivity contribution in [2.45, 2.75) is 45.1 Å². The molecule has 1 saturated carbocycles. The zero-order chi connectivity index (χ0) is 14.0. The van der Waals surface area contributed by atoms with Crippen molar-refractivity contribution in [3.05, 3.63) is 33.8 Å². The number of hydrogen-bond acceptors (Lipinski definition) is 1. The summed E-state index contributed by atoms with van der Waals surface area (Å²) in [4.78, 5) is 0. The van der Waals surface area contributed by atoms with Crippen molar-refractivity contribution >= 4 is 15.9 Å². The van der Waals surface area contributed by atoms with Gasteiger partial charge in [-0.2, -0.15) is 0 Å². The summed E-state index contributed by atoms with van der Waals surface area (Å²) in [5.74, 6) is -0.432. The number of aliphatic hydroxyl groups excluding tert-OH is 1. The van der Waals surface area contributed by atoms with E-state index in [9.17, 15) is 13.9 Å². The van der Waals surface area contributed by atoms with Crippen LogP contribution in [0.5, 0.6) is 0 Å². The standard InChI is InChI=1S/C15H19BrF2O/c1-9-3-2-4-10(7-9)14(19)8-11-13(17)6-5-12(16)15(11)18/h5-6,9-10,14,19H,2-4,7-8H2,1H3. The van der Waals surface area contributed by atoms with Crippen molar-refractivity contribution in [3.8, 4) is 0 Å². The van der Waals surface area contributed by atoms with Crippen molar-refractivity contribution in [1.82, 2.24) is 0 Å². The number of halogens is 3. The van der Waals surface area contributed by atoms with Gasteiger partial charge in [-0.1, -0.05) is 19.8 Å². The van der Waals surface area contributed by atoms with Gasteiger partial charge in [0.2, 0.25) is 0 Å². The predicted molar refractivity (Wildman–Crippen MR) is 74.9 cm³/mol. The summed E-state index contributed by atoms with van der Waals surface area (Å²) >= 11 is 3.05. The van der Waals surface area contributed by atoms with Crippen LogP contribution >= 0.6 is 15.9 Å². The summed E-state index contributed by atoms with van der Waals surface area (Å²) < 4.78 is 27.8. The van der Waals surface area contributed by atoms with Gasteiger partial charge in [0, 0.05) is 12.0 Å². The lowest BCUT2D eigenvalue weighted by Gasteiger charge is -2.30. The van der Waals surface area contributed by atoms with Gasteiger partial charge in [0.05, 0.1) is 10.6 Å². The van der Waals surface area contributed by atoms with E-state index in [1.807, 2.05) is 0 Å². The maximum atomic E-state index is 13.9. The molecule has 0 aliphatic heterocycles. The van der Waals surface area contributed by atoms with E-state index in [1.54, 1.807) is 0 Å². The summed E-state index contributed by atoms with van der Waals surface area (Å²) in [7, 11) is 0. The molecule has 0 heterocycles. The number of aliphatic hydroxyl groups is 1. The Balaban J connectivity index is 2.10. The Kier molecular flexibility index (Phi) is 4.96. The quantitative estimate of drug-likeness (QED) is 0.810. The lowest BCUT2D eigenvalue weighted by molar-refractivity contribution is 0.0706. The Morgan fingerprint density at radius 3 is 2.79 bits per heavy atom. The summed E-state index contributed by atoms with van der Waals surface area (Å²) in [6.07, 6.45) is 3.55. The van der Waals surface area contributed by atoms with Crippen molar-refractivity contribution in [3.63, 3.8) is 0 Å². The van der Waals surface area contributed by atoms with Crippen molar-refractivity contribution < 1.29 is 13.9 Å². The summed E-state index contributed by atoms with van der Waals surface area (Å²) in [6.45, 7) is 2.17. The number of benzene rings is 1. The van der Waals surface area contributed by atoms with Crippen LogP contribution in [-0.4, -0.2) is 11.2 Å². The average molecular weight is 333 g/mol. The summed E-state index contributed by atoms with van der Waals surface area (Å²) in [5, 5.41) is 10.2. The van der Waals surface area contributed by atoms with Crippen LogP contribution in [0.1, 0.15) is 38.2 Å². The minimum Gasteiger partial charge on any atom is -0.392 e. The highest BCUT2D eigenvalue weighted by Crippen LogP contribution is 2.33. The second kappa shape index (κ2) is 6.31. The molecule has 1 fully saturated rings. The molecule has 1 aromatic carbocycles. The third-order valence-electron chi connectivity index (χ3n) is 4.07. The normalized spacial score (nSPS) is 25.3. The predicted octanol–water partition coefficient (Wildman–Crippen LogP) is 4.46. The van der Waals surface area contributed by atoms with Gasteiger partial charge >= 0.3 is 0 Å². The van der Waals surface area contributed by atoms with E-state index in [0.29, 0.717) is 5.92 Å². The minimum atomic E-state index is -0.666. The van der Waals surface area contributed by atoms with Crippen LogP contribution < -0.4 is 0 Å². The Morgan fingerprint density at radius 2 is 2.11 bits per heavy atom. The van der Waals surface area contributed by atoms with Crippen molar-refractivity contribution in [1.29, 1.82) is 0 Å². The van der Waals surface area contributed by atoms with E-state index in [4.69, 9.17) is 0 Å². The Hall–Kier alpha value is -0.480. The SMILES string of the molecule is CC1CCCC(C(O)Cc2c(F)ccc(Br)c2F)C1. The molecule has 3 unspecified atom stereocenters. The van der Waals surface area contributed by atoms with Gasteiger partial charge < -0.3 is 5.11 Å². The molecule has 0 amide bonds. The van der Waals surface area contributed by atoms with Crippen LogP contribution in [0.3, 0.4) is 0 Å². The van der Waals surface area contributed by atoms with Gasteiger partial charge in [0.1, 0.15) is 11.6 Å². The van der Waals surface area contributed by atoms with E-state index in [2.05, 4.69) is 22.9 Å². The maximum absolute atomic E-state index is 13.9. The van der Waals surface area contributed by atoms with Crippen LogP contribution in [0.4, 0.5) is 8.78 Å². The fourth-order valence-corrected chi connectivity index (χ4v) is 3.33. The van der Waals surface area contributed by atoms with Crippen LogP contribution in [0.25, 0.3) is 0 Å². The summed E-state index contributed by atoms with van der Waals surface area (Å²) in [5.41, 5.74) is -0.0138. The van der Waals surface area contributed by atoms with Crippen LogP contribution in [0, 0.1) is 23.5 Å². The lowest BCUT2D eigenvalue weighted by Crippen LogP contribution is -2.28. The first kappa shape index (κ1) is 14.9. The van der Waals surface area contributed by atoms with Gasteiger partial charge in [-0.15, -0.1) is 0 Å². The average Bonchev–Trinajstić information content (AvgIpc) is 2.39. The van der Waals surface area contributed by atoms with Crippen LogP contribution in [-0.2, 0) is 6.42 Å². The molecule has 106 valence electrons. The lowest BCUT2D eigenvalue weighted by atomic mass is 9.78. The molecule has 0 aromatic heterocycles. The van der Waals surface area contributed by atoms with Gasteiger partial charge in [-0.05, 0) is 52.7 Å². The zero-order valence-electron chi connectivity index (χ0n) is 11.0. The Morgan fingerprint density at radius 1 is 1.37 bits per heavy atom. The molecular weight excluding hydrogens is 314 g/mol. The Bertz CT molecular complexity index is 450. The molecular formula is C15H19BrF2O. The van der Waals surface area contributed by atoms with Gasteiger partial charge in [0.25, 0.3) is 0 Å². The van der Waals surface area contributed by atoms with E-state index in [-0.39, 0.29) is 22.4 Å². The largest absolute Gasteiger partial charge is 0.392 e. The first-order valence-electron chi connectivity index (χ1n) is 6.79. The molecule has 3 atom stereocenters. The second-order valence-corrected chi connectivity index (χ2v) is 6.48. The molecule has 0 saturated heterocycles. The highest BCUT2D eigenvalue weighted by Gasteiger charge is 2.27. The van der Waals surface area contributed by atoms with Crippen LogP contribution in [0.15, 0.2) is 16.6 Å². The first-order valence-corrected chi connectivity index (χ1v) is 7.58. The maximum Gasteiger partial charge on any atom is 0.143 e. The smallest absolute Gasteiger partial charge is 0.143 e. The first-order chi connectivity index (χ1) is 8.99. The molecule has 0 radical (unpaired) electrons. The molecule has 1 aliphatic carbocycles. The highest BCUT2D eigenvalue weighted by molar-refractivity contribution is 9.10. The van der Waals surface area contributed by atoms with E-state index >= 15 is 0 Å². The van der Waals surface area contributed by atoms with Crippen LogP contribution in [0.2, 0.25) is 0 Å². The van der Waals surface area contributed by atoms with E-state index < -0.39 is 17.7 Å². The molecule has 2 rings (SSSR count). The van der Waals surface area contributed by atoms with Gasteiger partial charge in [-0.25, -0.2) is 8.78 Å². The summed E-state index contributed by atoms with van der Waals surface area (Å²) in [6, 6.07) is 2.59. The minimum absolute atomic E-state index is 0.0138. The molecule has 1 N–H and O–H groups in total. The molecule has 0 spiro atoms. The van der Waals surface area contributed by atoms with Gasteiger partial charge in [-0.3, -0.25) is 0 Å². The molecule has 19 heavy (non-hydrogen) atoms. The molecule has 4 heteroatoms. The third kappa shape index (κ3) is 3.54. The van der Waals surface area contributed by atoms with Crippen molar-refractivity contribution in [2.24, 2.45) is 11.8 Å². The topological polar surface area (TPSA) is 20.2 Å². The fraction of sp³-hybridized carbons (Fsp3) is 0.600. The second-order valence-electron chi connectivity index (χ2n) is 5.63. The molecule has 0 bridgehead atoms. The third-order valence-corrected chi connectivity index (χ3v) is 4.69. The molecule has 1 nitrogen and oxygen atoms in total. The molecule has 1 aliphatic rings. The van der Waals surface area contributed by atoms with E-state index in [0.717, 1.165) is 19.3 Å². The van der Waals surface area contributed by atoms with Gasteiger partial charge in [0.15, 0.2) is 0 Å². The van der Waals surface area contributed by atoms with E-state index in [1.165, 1.54) is 18.6 Å². The number of hydrogen-bond donors (Lipinski definition) is 1. The number of rotatable bonds is 3. The fourth-order valence-electron chi connectivity index (χ4n) is 2.96.